The van der Waals surface area contributed by atoms with Gasteiger partial charge in [-0.3, -0.25) is 4.79 Å². The largest absolute Gasteiger partial charge is 0.497 e. The molecule has 1 aromatic rings. The van der Waals surface area contributed by atoms with Crippen molar-refractivity contribution in [3.05, 3.63) is 29.3 Å². The quantitative estimate of drug-likeness (QED) is 0.771. The molecule has 4 heteroatoms. The van der Waals surface area contributed by atoms with Crippen molar-refractivity contribution >= 4 is 5.97 Å². The number of hydrogen-bond acceptors (Lipinski definition) is 4. The predicted octanol–water partition coefficient (Wildman–Crippen LogP) is 3.74. The van der Waals surface area contributed by atoms with Gasteiger partial charge in [-0.1, -0.05) is 19.4 Å². The van der Waals surface area contributed by atoms with Gasteiger partial charge in [-0.05, 0) is 62.0 Å². The highest BCUT2D eigenvalue weighted by Crippen LogP contribution is 2.39. The average molecular weight is 331 g/mol. The zero-order valence-corrected chi connectivity index (χ0v) is 14.9. The third kappa shape index (κ3) is 3.92. The molecule has 0 bridgehead atoms. The van der Waals surface area contributed by atoms with Crippen molar-refractivity contribution in [2.75, 3.05) is 26.7 Å². The van der Waals surface area contributed by atoms with Gasteiger partial charge >= 0.3 is 5.97 Å². The minimum absolute atomic E-state index is 0.104. The van der Waals surface area contributed by atoms with Gasteiger partial charge in [0, 0.05) is 18.9 Å². The van der Waals surface area contributed by atoms with Crippen LogP contribution in [0, 0.1) is 5.92 Å². The predicted molar refractivity (Wildman–Crippen MR) is 94.2 cm³/mol. The van der Waals surface area contributed by atoms with E-state index in [0.29, 0.717) is 12.3 Å². The minimum atomic E-state index is -0.117. The van der Waals surface area contributed by atoms with E-state index in [2.05, 4.69) is 17.0 Å². The number of likely N-dealkylation sites (tertiary alicyclic amines) is 1. The van der Waals surface area contributed by atoms with Gasteiger partial charge in [0.1, 0.15) is 11.9 Å². The number of hydrogen-bond donors (Lipinski definition) is 0. The van der Waals surface area contributed by atoms with Crippen LogP contribution in [-0.2, 0) is 16.0 Å². The van der Waals surface area contributed by atoms with Crippen molar-refractivity contribution in [3.63, 3.8) is 0 Å². The molecule has 1 aromatic carbocycles. The van der Waals surface area contributed by atoms with Crippen LogP contribution in [0.3, 0.4) is 0 Å². The molecule has 2 atom stereocenters. The summed E-state index contributed by atoms with van der Waals surface area (Å²) < 4.78 is 11.2. The molecular formula is C20H29NO3. The van der Waals surface area contributed by atoms with Gasteiger partial charge in [-0.15, -0.1) is 0 Å². The molecule has 3 rings (SSSR count). The lowest BCUT2D eigenvalue weighted by Crippen LogP contribution is -2.38. The summed E-state index contributed by atoms with van der Waals surface area (Å²) in [6.07, 6.45) is 6.34. The molecule has 2 unspecified atom stereocenters. The second-order valence-corrected chi connectivity index (χ2v) is 6.99. The van der Waals surface area contributed by atoms with Crippen molar-refractivity contribution in [1.82, 2.24) is 4.90 Å². The zero-order valence-electron chi connectivity index (χ0n) is 14.9. The number of carbonyl (C=O) groups is 1. The smallest absolute Gasteiger partial charge is 0.306 e. The Bertz CT molecular complexity index is 566. The van der Waals surface area contributed by atoms with Crippen LogP contribution in [-0.4, -0.2) is 37.6 Å². The van der Waals surface area contributed by atoms with Crippen molar-refractivity contribution in [1.29, 1.82) is 0 Å². The molecule has 24 heavy (non-hydrogen) atoms. The molecule has 4 nitrogen and oxygen atoms in total. The van der Waals surface area contributed by atoms with Crippen LogP contribution in [0.2, 0.25) is 0 Å². The Morgan fingerprint density at radius 3 is 2.75 bits per heavy atom. The van der Waals surface area contributed by atoms with E-state index < -0.39 is 0 Å². The molecule has 132 valence electrons. The van der Waals surface area contributed by atoms with E-state index in [-0.39, 0.29) is 12.1 Å². The van der Waals surface area contributed by atoms with Crippen LogP contribution in [0.25, 0.3) is 0 Å². The number of rotatable bonds is 5. The fourth-order valence-electron chi connectivity index (χ4n) is 3.99. The van der Waals surface area contributed by atoms with E-state index in [9.17, 15) is 4.79 Å². The summed E-state index contributed by atoms with van der Waals surface area (Å²) >= 11 is 0. The van der Waals surface area contributed by atoms with Gasteiger partial charge in [-0.25, -0.2) is 0 Å². The Morgan fingerprint density at radius 1 is 1.25 bits per heavy atom. The van der Waals surface area contributed by atoms with E-state index in [0.717, 1.165) is 25.1 Å². The van der Waals surface area contributed by atoms with Crippen LogP contribution in [0.4, 0.5) is 0 Å². The monoisotopic (exact) mass is 331 g/mol. The summed E-state index contributed by atoms with van der Waals surface area (Å²) in [5.41, 5.74) is 2.43. The van der Waals surface area contributed by atoms with Crippen molar-refractivity contribution in [3.8, 4) is 5.75 Å². The van der Waals surface area contributed by atoms with Gasteiger partial charge in [0.05, 0.1) is 7.11 Å². The van der Waals surface area contributed by atoms with Crippen LogP contribution < -0.4 is 4.74 Å². The Kier molecular flexibility index (Phi) is 5.77. The SMILES string of the molecule is CCC(=O)OC1c2ccc(OC)cc2CCC1CN1CCCCC1. The first-order chi connectivity index (χ1) is 11.7. The van der Waals surface area contributed by atoms with E-state index in [1.54, 1.807) is 7.11 Å². The van der Waals surface area contributed by atoms with E-state index in [1.165, 1.54) is 43.5 Å². The molecule has 0 amide bonds. The maximum absolute atomic E-state index is 12.0. The number of carbonyl (C=O) groups excluding carboxylic acids is 1. The summed E-state index contributed by atoms with van der Waals surface area (Å²) in [6, 6.07) is 6.16. The molecule has 0 N–H and O–H groups in total. The van der Waals surface area contributed by atoms with Crippen LogP contribution in [0.15, 0.2) is 18.2 Å². The first kappa shape index (κ1) is 17.3. The van der Waals surface area contributed by atoms with Gasteiger partial charge in [-0.2, -0.15) is 0 Å². The number of esters is 1. The third-order valence-corrected chi connectivity index (χ3v) is 5.36. The molecule has 1 saturated heterocycles. The summed E-state index contributed by atoms with van der Waals surface area (Å²) in [7, 11) is 1.69. The van der Waals surface area contributed by atoms with Gasteiger partial charge in [0.25, 0.3) is 0 Å². The Morgan fingerprint density at radius 2 is 2.04 bits per heavy atom. The van der Waals surface area contributed by atoms with Crippen LogP contribution in [0.5, 0.6) is 5.75 Å². The van der Waals surface area contributed by atoms with E-state index >= 15 is 0 Å². The highest BCUT2D eigenvalue weighted by atomic mass is 16.5. The highest BCUT2D eigenvalue weighted by Gasteiger charge is 2.34. The minimum Gasteiger partial charge on any atom is -0.497 e. The summed E-state index contributed by atoms with van der Waals surface area (Å²) in [6.45, 7) is 5.26. The fraction of sp³-hybridized carbons (Fsp3) is 0.650. The Hall–Kier alpha value is -1.55. The van der Waals surface area contributed by atoms with E-state index in [1.807, 2.05) is 13.0 Å². The molecule has 1 fully saturated rings. The second kappa shape index (κ2) is 8.02. The third-order valence-electron chi connectivity index (χ3n) is 5.36. The van der Waals surface area contributed by atoms with E-state index in [4.69, 9.17) is 9.47 Å². The molecular weight excluding hydrogens is 302 g/mol. The van der Waals surface area contributed by atoms with Gasteiger partial charge in [0.15, 0.2) is 0 Å². The number of fused-ring (bicyclic) bond motifs is 1. The first-order valence-electron chi connectivity index (χ1n) is 9.30. The number of piperidine rings is 1. The molecule has 0 radical (unpaired) electrons. The van der Waals surface area contributed by atoms with Crippen LogP contribution in [0.1, 0.15) is 56.3 Å². The van der Waals surface area contributed by atoms with Crippen molar-refractivity contribution < 1.29 is 14.3 Å². The summed E-state index contributed by atoms with van der Waals surface area (Å²) in [5, 5.41) is 0. The number of nitrogens with zero attached hydrogens (tertiary/aromatic N) is 1. The Labute approximate surface area is 145 Å². The molecule has 0 saturated carbocycles. The highest BCUT2D eigenvalue weighted by molar-refractivity contribution is 5.69. The van der Waals surface area contributed by atoms with Gasteiger partial charge < -0.3 is 14.4 Å². The summed E-state index contributed by atoms with van der Waals surface area (Å²) in [5.74, 6) is 1.16. The maximum Gasteiger partial charge on any atom is 0.306 e. The normalized spacial score (nSPS) is 24.2. The fourth-order valence-corrected chi connectivity index (χ4v) is 3.99. The molecule has 1 aliphatic heterocycles. The lowest BCUT2D eigenvalue weighted by molar-refractivity contribution is -0.153. The summed E-state index contributed by atoms with van der Waals surface area (Å²) in [4.78, 5) is 14.5. The Balaban J connectivity index is 1.80. The van der Waals surface area contributed by atoms with Crippen molar-refractivity contribution in [2.24, 2.45) is 5.92 Å². The zero-order chi connectivity index (χ0) is 16.9. The topological polar surface area (TPSA) is 38.8 Å². The first-order valence-corrected chi connectivity index (χ1v) is 9.30. The van der Waals surface area contributed by atoms with Crippen LogP contribution >= 0.6 is 0 Å². The molecule has 1 aliphatic carbocycles. The molecule has 0 spiro atoms. The second-order valence-electron chi connectivity index (χ2n) is 6.99. The molecule has 1 heterocycles. The standard InChI is InChI=1S/C20H29NO3/c1-3-19(22)24-20-16(14-21-11-5-4-6-12-21)8-7-15-13-17(23-2)9-10-18(15)20/h9-10,13,16,20H,3-8,11-12,14H2,1-2H3. The molecule has 2 aliphatic rings. The number of methoxy groups -OCH3 is 1. The lowest BCUT2D eigenvalue weighted by Gasteiger charge is -2.37. The molecule has 0 aromatic heterocycles. The number of aryl methyl sites for hydroxylation is 1. The van der Waals surface area contributed by atoms with Crippen molar-refractivity contribution in [2.45, 2.75) is 51.6 Å². The maximum atomic E-state index is 12.0. The van der Waals surface area contributed by atoms with Gasteiger partial charge in [0.2, 0.25) is 0 Å². The lowest BCUT2D eigenvalue weighted by atomic mass is 9.80. The number of benzene rings is 1. The average Bonchev–Trinajstić information content (AvgIpc) is 2.63. The number of ether oxygens (including phenoxy) is 2.